The quantitative estimate of drug-likeness (QED) is 0.906. The van der Waals surface area contributed by atoms with Crippen LogP contribution in [0.5, 0.6) is 0 Å². The number of benzene rings is 1. The van der Waals surface area contributed by atoms with Crippen LogP contribution in [-0.4, -0.2) is 18.2 Å². The van der Waals surface area contributed by atoms with Crippen LogP contribution in [0.2, 0.25) is 10.0 Å². The van der Waals surface area contributed by atoms with Crippen molar-refractivity contribution in [1.82, 2.24) is 9.78 Å². The Kier molecular flexibility index (Phi) is 3.62. The van der Waals surface area contributed by atoms with Crippen molar-refractivity contribution in [2.45, 2.75) is 4.90 Å². The van der Waals surface area contributed by atoms with Gasteiger partial charge in [-0.25, -0.2) is 8.42 Å². The Hall–Kier alpha value is -1.44. The average molecular weight is 321 g/mol. The molecule has 19 heavy (non-hydrogen) atoms. The maximum Gasteiger partial charge on any atom is 0.267 e. The van der Waals surface area contributed by atoms with E-state index >= 15 is 0 Å². The monoisotopic (exact) mass is 320 g/mol. The maximum atomic E-state index is 12.2. The lowest BCUT2D eigenvalue weighted by Gasteiger charge is -2.08. The number of anilines is 2. The van der Waals surface area contributed by atoms with Gasteiger partial charge in [0.05, 0.1) is 10.7 Å². The van der Waals surface area contributed by atoms with Gasteiger partial charge in [0.25, 0.3) is 10.0 Å². The molecule has 102 valence electrons. The van der Waals surface area contributed by atoms with E-state index in [1.165, 1.54) is 23.0 Å². The Morgan fingerprint density at radius 3 is 2.63 bits per heavy atom. The molecule has 0 bridgehead atoms. The van der Waals surface area contributed by atoms with Crippen LogP contribution in [0.3, 0.4) is 0 Å². The molecule has 3 N–H and O–H groups in total. The van der Waals surface area contributed by atoms with E-state index in [1.807, 2.05) is 0 Å². The van der Waals surface area contributed by atoms with Crippen molar-refractivity contribution in [2.75, 3.05) is 10.5 Å². The first-order valence-corrected chi connectivity index (χ1v) is 7.30. The van der Waals surface area contributed by atoms with Crippen molar-refractivity contribution in [1.29, 1.82) is 0 Å². The van der Waals surface area contributed by atoms with Crippen LogP contribution in [0.4, 0.5) is 11.5 Å². The van der Waals surface area contributed by atoms with Crippen LogP contribution in [0, 0.1) is 0 Å². The SMILES string of the molecule is Cn1cc(S(=O)(=O)Nc2cc(Cl)ccc2Cl)c(N)n1. The second-order valence-corrected chi connectivity index (χ2v) is 6.28. The summed E-state index contributed by atoms with van der Waals surface area (Å²) in [5, 5.41) is 4.37. The zero-order valence-corrected chi connectivity index (χ0v) is 12.1. The highest BCUT2D eigenvalue weighted by atomic mass is 35.5. The minimum absolute atomic E-state index is 0.0897. The Balaban J connectivity index is 2.42. The summed E-state index contributed by atoms with van der Waals surface area (Å²) in [7, 11) is -2.29. The maximum absolute atomic E-state index is 12.2. The van der Waals surface area contributed by atoms with Crippen molar-refractivity contribution < 1.29 is 8.42 Å². The number of hydrogen-bond donors (Lipinski definition) is 2. The molecule has 0 amide bonds. The summed E-state index contributed by atoms with van der Waals surface area (Å²) >= 11 is 11.7. The molecule has 9 heteroatoms. The molecule has 6 nitrogen and oxygen atoms in total. The molecule has 0 atom stereocenters. The molecule has 0 saturated carbocycles. The predicted octanol–water partition coefficient (Wildman–Crippen LogP) is 2.11. The predicted molar refractivity (Wildman–Crippen MR) is 74.9 cm³/mol. The zero-order valence-electron chi connectivity index (χ0n) is 9.76. The van der Waals surface area contributed by atoms with Gasteiger partial charge in [-0.1, -0.05) is 23.2 Å². The number of nitrogens with zero attached hydrogens (tertiary/aromatic N) is 2. The topological polar surface area (TPSA) is 90.0 Å². The summed E-state index contributed by atoms with van der Waals surface area (Å²) < 4.78 is 27.9. The molecular formula is C10H10Cl2N4O2S. The second kappa shape index (κ2) is 4.92. The van der Waals surface area contributed by atoms with E-state index in [0.717, 1.165) is 0 Å². The largest absolute Gasteiger partial charge is 0.381 e. The lowest BCUT2D eigenvalue weighted by atomic mass is 10.3. The molecular weight excluding hydrogens is 311 g/mol. The summed E-state index contributed by atoms with van der Waals surface area (Å²) in [6, 6.07) is 4.46. The van der Waals surface area contributed by atoms with Gasteiger partial charge >= 0.3 is 0 Å². The number of aryl methyl sites for hydroxylation is 1. The van der Waals surface area contributed by atoms with Gasteiger partial charge in [-0.05, 0) is 18.2 Å². The molecule has 0 fully saturated rings. The lowest BCUT2D eigenvalue weighted by Crippen LogP contribution is -2.14. The van der Waals surface area contributed by atoms with Crippen LogP contribution < -0.4 is 10.5 Å². The van der Waals surface area contributed by atoms with E-state index in [9.17, 15) is 8.42 Å². The molecule has 0 unspecified atom stereocenters. The van der Waals surface area contributed by atoms with Crippen molar-refractivity contribution in [3.05, 3.63) is 34.4 Å². The van der Waals surface area contributed by atoms with Gasteiger partial charge in [0, 0.05) is 18.3 Å². The first-order valence-electron chi connectivity index (χ1n) is 5.06. The first-order chi connectivity index (χ1) is 8.79. The highest BCUT2D eigenvalue weighted by Gasteiger charge is 2.21. The number of nitrogens with two attached hydrogens (primary N) is 1. The molecule has 1 aromatic heterocycles. The summed E-state index contributed by atoms with van der Waals surface area (Å²) in [6.45, 7) is 0. The fraction of sp³-hybridized carbons (Fsp3) is 0.100. The molecule has 0 aliphatic rings. The molecule has 0 radical (unpaired) electrons. The van der Waals surface area contributed by atoms with Crippen molar-refractivity contribution >= 4 is 44.7 Å². The average Bonchev–Trinajstić information content (AvgIpc) is 2.63. The molecule has 2 rings (SSSR count). The highest BCUT2D eigenvalue weighted by molar-refractivity contribution is 7.92. The van der Waals surface area contributed by atoms with Gasteiger partial charge < -0.3 is 5.73 Å². The second-order valence-electron chi connectivity index (χ2n) is 3.78. The van der Waals surface area contributed by atoms with Crippen LogP contribution >= 0.6 is 23.2 Å². The third kappa shape index (κ3) is 2.94. The third-order valence-electron chi connectivity index (χ3n) is 2.28. The van der Waals surface area contributed by atoms with Gasteiger partial charge in [0.15, 0.2) is 5.82 Å². The van der Waals surface area contributed by atoms with Crippen molar-refractivity contribution in [2.24, 2.45) is 7.05 Å². The van der Waals surface area contributed by atoms with Gasteiger partial charge in [0.1, 0.15) is 4.90 Å². The van der Waals surface area contributed by atoms with Gasteiger partial charge in [-0.15, -0.1) is 0 Å². The standard InChI is InChI=1S/C10H10Cl2N4O2S/c1-16-5-9(10(13)14-16)19(17,18)15-8-4-6(11)2-3-7(8)12/h2-5,15H,1H3,(H2,13,14). The number of halogens is 2. The van der Waals surface area contributed by atoms with E-state index in [2.05, 4.69) is 9.82 Å². The highest BCUT2D eigenvalue weighted by Crippen LogP contribution is 2.28. The van der Waals surface area contributed by atoms with E-state index in [-0.39, 0.29) is 21.4 Å². The molecule has 0 aliphatic carbocycles. The Labute approximate surface area is 120 Å². The zero-order chi connectivity index (χ0) is 14.2. The van der Waals surface area contributed by atoms with Gasteiger partial charge in [0.2, 0.25) is 0 Å². The first kappa shape index (κ1) is 14.0. The van der Waals surface area contributed by atoms with E-state index in [0.29, 0.717) is 5.02 Å². The molecule has 2 aromatic rings. The van der Waals surface area contributed by atoms with Crippen molar-refractivity contribution in [3.63, 3.8) is 0 Å². The van der Waals surface area contributed by atoms with Crippen molar-refractivity contribution in [3.8, 4) is 0 Å². The lowest BCUT2D eigenvalue weighted by molar-refractivity contribution is 0.601. The van der Waals surface area contributed by atoms with Crippen LogP contribution in [0.25, 0.3) is 0 Å². The minimum Gasteiger partial charge on any atom is -0.381 e. The Morgan fingerprint density at radius 2 is 2.05 bits per heavy atom. The fourth-order valence-electron chi connectivity index (χ4n) is 1.47. The van der Waals surface area contributed by atoms with Crippen LogP contribution in [-0.2, 0) is 17.1 Å². The molecule has 0 saturated heterocycles. The van der Waals surface area contributed by atoms with E-state index < -0.39 is 10.0 Å². The summed E-state index contributed by atoms with van der Waals surface area (Å²) in [6.07, 6.45) is 1.30. The minimum atomic E-state index is -3.86. The number of hydrogen-bond acceptors (Lipinski definition) is 4. The number of nitrogen functional groups attached to an aromatic ring is 1. The fourth-order valence-corrected chi connectivity index (χ4v) is 3.04. The number of aromatic nitrogens is 2. The smallest absolute Gasteiger partial charge is 0.267 e. The number of rotatable bonds is 3. The van der Waals surface area contributed by atoms with Crippen LogP contribution in [0.1, 0.15) is 0 Å². The van der Waals surface area contributed by atoms with E-state index in [4.69, 9.17) is 28.9 Å². The molecule has 1 heterocycles. The normalized spacial score (nSPS) is 11.5. The molecule has 0 spiro atoms. The number of nitrogens with one attached hydrogen (secondary N) is 1. The van der Waals surface area contributed by atoms with Gasteiger partial charge in [-0.2, -0.15) is 5.10 Å². The summed E-state index contributed by atoms with van der Waals surface area (Å²) in [4.78, 5) is -0.119. The number of sulfonamides is 1. The summed E-state index contributed by atoms with van der Waals surface area (Å²) in [5.41, 5.74) is 5.72. The molecule has 1 aromatic carbocycles. The third-order valence-corrected chi connectivity index (χ3v) is 4.23. The van der Waals surface area contributed by atoms with E-state index in [1.54, 1.807) is 13.1 Å². The van der Waals surface area contributed by atoms with Crippen LogP contribution in [0.15, 0.2) is 29.3 Å². The summed E-state index contributed by atoms with van der Waals surface area (Å²) in [5.74, 6) is -0.0897. The Morgan fingerprint density at radius 1 is 1.37 bits per heavy atom. The molecule has 0 aliphatic heterocycles. The van der Waals surface area contributed by atoms with Gasteiger partial charge in [-0.3, -0.25) is 9.40 Å². The Bertz CT molecular complexity index is 727.